The summed E-state index contributed by atoms with van der Waals surface area (Å²) >= 11 is 0. The molecule has 3 heteroatoms. The monoisotopic (exact) mass is 222 g/mol. The third-order valence-electron chi connectivity index (χ3n) is 3.48. The van der Waals surface area contributed by atoms with Crippen LogP contribution in [-0.2, 0) is 6.54 Å². The molecule has 16 heavy (non-hydrogen) atoms. The van der Waals surface area contributed by atoms with E-state index in [1.165, 1.54) is 5.56 Å². The number of quaternary nitrogens is 1. The van der Waals surface area contributed by atoms with Crippen molar-refractivity contribution in [2.75, 3.05) is 32.8 Å². The van der Waals surface area contributed by atoms with Gasteiger partial charge in [-0.1, -0.05) is 30.3 Å². The van der Waals surface area contributed by atoms with Crippen molar-refractivity contribution < 1.29 is 14.7 Å². The highest BCUT2D eigenvalue weighted by Gasteiger charge is 2.42. The van der Waals surface area contributed by atoms with E-state index in [9.17, 15) is 0 Å². The van der Waals surface area contributed by atoms with Gasteiger partial charge in [-0.25, -0.2) is 0 Å². The maximum atomic E-state index is 9.13. The van der Waals surface area contributed by atoms with Crippen LogP contribution in [0.1, 0.15) is 5.56 Å². The normalized spacial score (nSPS) is 28.8. The third-order valence-corrected chi connectivity index (χ3v) is 3.48. The maximum absolute atomic E-state index is 9.13. The van der Waals surface area contributed by atoms with E-state index in [0.717, 1.165) is 30.7 Å². The van der Waals surface area contributed by atoms with E-state index in [-0.39, 0.29) is 13.2 Å². The standard InChI is InChI=1S/C13H20NO2/c15-7-6-14(9-13(10-14)11-16)8-12-4-2-1-3-5-12/h1-5,13,15-16H,6-11H2/q+1/t13-,14-. The number of hydrogen-bond donors (Lipinski definition) is 2. The summed E-state index contributed by atoms with van der Waals surface area (Å²) in [5.41, 5.74) is 1.31. The lowest BCUT2D eigenvalue weighted by Crippen LogP contribution is -2.64. The quantitative estimate of drug-likeness (QED) is 0.717. The summed E-state index contributed by atoms with van der Waals surface area (Å²) in [6.07, 6.45) is 0. The fourth-order valence-electron chi connectivity index (χ4n) is 2.73. The molecule has 1 fully saturated rings. The van der Waals surface area contributed by atoms with Gasteiger partial charge in [-0.2, -0.15) is 0 Å². The summed E-state index contributed by atoms with van der Waals surface area (Å²) in [6, 6.07) is 10.4. The molecule has 3 nitrogen and oxygen atoms in total. The first kappa shape index (κ1) is 11.6. The van der Waals surface area contributed by atoms with Gasteiger partial charge in [0.05, 0.1) is 32.2 Å². The van der Waals surface area contributed by atoms with Gasteiger partial charge in [-0.05, 0) is 0 Å². The van der Waals surface area contributed by atoms with Gasteiger partial charge < -0.3 is 14.7 Å². The molecule has 0 unspecified atom stereocenters. The molecule has 0 amide bonds. The van der Waals surface area contributed by atoms with Gasteiger partial charge in [-0.3, -0.25) is 0 Å². The molecule has 1 heterocycles. The van der Waals surface area contributed by atoms with Crippen LogP contribution in [0, 0.1) is 5.92 Å². The van der Waals surface area contributed by atoms with Gasteiger partial charge in [-0.15, -0.1) is 0 Å². The van der Waals surface area contributed by atoms with Crippen molar-refractivity contribution in [3.63, 3.8) is 0 Å². The van der Waals surface area contributed by atoms with Crippen LogP contribution in [0.4, 0.5) is 0 Å². The van der Waals surface area contributed by atoms with E-state index >= 15 is 0 Å². The van der Waals surface area contributed by atoms with E-state index in [2.05, 4.69) is 12.1 Å². The first-order chi connectivity index (χ1) is 7.78. The Morgan fingerprint density at radius 3 is 2.38 bits per heavy atom. The van der Waals surface area contributed by atoms with Crippen molar-refractivity contribution in [1.29, 1.82) is 0 Å². The minimum absolute atomic E-state index is 0.227. The van der Waals surface area contributed by atoms with Crippen LogP contribution in [-0.4, -0.2) is 47.5 Å². The maximum Gasteiger partial charge on any atom is 0.104 e. The van der Waals surface area contributed by atoms with E-state index < -0.39 is 0 Å². The molecule has 0 atom stereocenters. The second-order valence-electron chi connectivity index (χ2n) is 4.85. The Bertz CT molecular complexity index is 320. The average molecular weight is 222 g/mol. The summed E-state index contributed by atoms with van der Waals surface area (Å²) < 4.78 is 0.922. The molecule has 2 rings (SSSR count). The number of likely N-dealkylation sites (tertiary alicyclic amines) is 1. The van der Waals surface area contributed by atoms with Crippen molar-refractivity contribution in [3.8, 4) is 0 Å². The fourth-order valence-corrected chi connectivity index (χ4v) is 2.73. The number of aliphatic hydroxyl groups excluding tert-OH is 2. The molecule has 0 aliphatic carbocycles. The molecule has 1 aromatic rings. The highest BCUT2D eigenvalue weighted by molar-refractivity contribution is 5.13. The largest absolute Gasteiger partial charge is 0.396 e. The molecular formula is C13H20NO2+. The summed E-state index contributed by atoms with van der Waals surface area (Å²) in [5, 5.41) is 18.2. The molecule has 1 aliphatic heterocycles. The van der Waals surface area contributed by atoms with Crippen molar-refractivity contribution in [3.05, 3.63) is 35.9 Å². The zero-order valence-electron chi connectivity index (χ0n) is 9.55. The smallest absolute Gasteiger partial charge is 0.104 e. The lowest BCUT2D eigenvalue weighted by atomic mass is 9.95. The predicted octanol–water partition coefficient (Wildman–Crippen LogP) is 0.618. The summed E-state index contributed by atoms with van der Waals surface area (Å²) in [4.78, 5) is 0. The first-order valence-electron chi connectivity index (χ1n) is 5.89. The number of hydrogen-bond acceptors (Lipinski definition) is 2. The fraction of sp³-hybridized carbons (Fsp3) is 0.538. The highest BCUT2D eigenvalue weighted by atomic mass is 16.3. The van der Waals surface area contributed by atoms with E-state index in [1.807, 2.05) is 18.2 Å². The lowest BCUT2D eigenvalue weighted by Gasteiger charge is -2.50. The first-order valence-corrected chi connectivity index (χ1v) is 5.89. The molecule has 88 valence electrons. The number of aliphatic hydroxyl groups is 2. The van der Waals surface area contributed by atoms with Crippen LogP contribution in [0.3, 0.4) is 0 Å². The van der Waals surface area contributed by atoms with E-state index in [1.54, 1.807) is 0 Å². The second-order valence-corrected chi connectivity index (χ2v) is 4.85. The van der Waals surface area contributed by atoms with Crippen LogP contribution in [0.25, 0.3) is 0 Å². The highest BCUT2D eigenvalue weighted by Crippen LogP contribution is 2.28. The minimum Gasteiger partial charge on any atom is -0.396 e. The molecule has 0 radical (unpaired) electrons. The number of benzene rings is 1. The molecule has 1 aromatic carbocycles. The Balaban J connectivity index is 1.99. The molecule has 0 saturated carbocycles. The number of nitrogens with zero attached hydrogens (tertiary/aromatic N) is 1. The van der Waals surface area contributed by atoms with Gasteiger partial charge in [0.25, 0.3) is 0 Å². The van der Waals surface area contributed by atoms with Crippen molar-refractivity contribution in [2.24, 2.45) is 5.92 Å². The molecule has 0 aromatic heterocycles. The Labute approximate surface area is 96.5 Å². The summed E-state index contributed by atoms with van der Waals surface area (Å²) in [7, 11) is 0. The Morgan fingerprint density at radius 2 is 1.81 bits per heavy atom. The zero-order valence-corrected chi connectivity index (χ0v) is 9.55. The van der Waals surface area contributed by atoms with Gasteiger partial charge in [0, 0.05) is 5.56 Å². The molecule has 1 aliphatic rings. The third kappa shape index (κ3) is 2.43. The average Bonchev–Trinajstić information content (AvgIpc) is 2.26. The summed E-state index contributed by atoms with van der Waals surface area (Å²) in [6.45, 7) is 4.26. The van der Waals surface area contributed by atoms with Crippen LogP contribution >= 0.6 is 0 Å². The van der Waals surface area contributed by atoms with E-state index in [4.69, 9.17) is 10.2 Å². The van der Waals surface area contributed by atoms with Crippen molar-refractivity contribution in [2.45, 2.75) is 6.54 Å². The van der Waals surface area contributed by atoms with Gasteiger partial charge in [0.1, 0.15) is 13.1 Å². The van der Waals surface area contributed by atoms with Crippen LogP contribution in [0.5, 0.6) is 0 Å². The summed E-state index contributed by atoms with van der Waals surface area (Å²) in [5.74, 6) is 0.426. The van der Waals surface area contributed by atoms with Gasteiger partial charge >= 0.3 is 0 Å². The Morgan fingerprint density at radius 1 is 1.12 bits per heavy atom. The molecule has 0 spiro atoms. The topological polar surface area (TPSA) is 40.5 Å². The van der Waals surface area contributed by atoms with Crippen LogP contribution < -0.4 is 0 Å². The van der Waals surface area contributed by atoms with Gasteiger partial charge in [0.2, 0.25) is 0 Å². The van der Waals surface area contributed by atoms with Crippen molar-refractivity contribution in [1.82, 2.24) is 0 Å². The van der Waals surface area contributed by atoms with E-state index in [0.29, 0.717) is 5.92 Å². The van der Waals surface area contributed by atoms with Crippen LogP contribution in [0.15, 0.2) is 30.3 Å². The predicted molar refractivity (Wildman–Crippen MR) is 62.7 cm³/mol. The minimum atomic E-state index is 0.227. The molecular weight excluding hydrogens is 202 g/mol. The SMILES string of the molecule is OCC[N@+]1(Cc2ccccc2)C[C@H](CO)C1. The Kier molecular flexibility index (Phi) is 3.59. The van der Waals surface area contributed by atoms with Crippen molar-refractivity contribution >= 4 is 0 Å². The molecule has 0 bridgehead atoms. The molecule has 2 N–H and O–H groups in total. The number of rotatable bonds is 5. The molecule has 1 saturated heterocycles. The van der Waals surface area contributed by atoms with Gasteiger partial charge in [0.15, 0.2) is 0 Å². The Hall–Kier alpha value is -0.900. The lowest BCUT2D eigenvalue weighted by molar-refractivity contribution is -0.986. The van der Waals surface area contributed by atoms with Crippen LogP contribution in [0.2, 0.25) is 0 Å². The zero-order chi connectivity index (χ0) is 11.4. The second kappa shape index (κ2) is 4.95.